The first-order chi connectivity index (χ1) is 27.3. The number of hydrogen-bond donors (Lipinski definition) is 3. The minimum absolute atomic E-state index is 0.0841. The second-order valence-corrected chi connectivity index (χ2v) is 17.2. The number of rotatable bonds is 44. The SMILES string of the molecule is CCCCC/C=C\C/C=C\CCCCCCCCCCCCCCCC(=O)NCCOP(=O)(O)OCC(O)COC(=O)CCCCCCCCCCCCCC. The fraction of sp³-hybridized carbons (Fsp3) is 0.870. The molecule has 0 saturated heterocycles. The molecule has 3 N–H and O–H groups in total. The Kier molecular flexibility index (Phi) is 41.9. The Balaban J connectivity index is 3.53. The number of ether oxygens (including phenoxy) is 1. The highest BCUT2D eigenvalue weighted by Gasteiger charge is 2.23. The second-order valence-electron chi connectivity index (χ2n) is 15.7. The Hall–Kier alpha value is -1.51. The molecule has 2 unspecified atom stereocenters. The van der Waals surface area contributed by atoms with E-state index in [1.165, 1.54) is 154 Å². The summed E-state index contributed by atoms with van der Waals surface area (Å²) >= 11 is 0. The van der Waals surface area contributed by atoms with E-state index in [1.54, 1.807) is 0 Å². The molecule has 0 aliphatic rings. The summed E-state index contributed by atoms with van der Waals surface area (Å²) in [6.07, 6.45) is 46.9. The zero-order valence-corrected chi connectivity index (χ0v) is 37.2. The van der Waals surface area contributed by atoms with Crippen molar-refractivity contribution in [3.63, 3.8) is 0 Å². The topological polar surface area (TPSA) is 131 Å². The predicted molar refractivity (Wildman–Crippen MR) is 234 cm³/mol. The van der Waals surface area contributed by atoms with E-state index in [9.17, 15) is 24.2 Å². The van der Waals surface area contributed by atoms with Crippen molar-refractivity contribution in [2.45, 2.75) is 232 Å². The summed E-state index contributed by atoms with van der Waals surface area (Å²) in [4.78, 5) is 33.9. The van der Waals surface area contributed by atoms with E-state index in [2.05, 4.69) is 43.5 Å². The number of aliphatic hydroxyl groups excluding tert-OH is 1. The molecular formula is C46H88NO8P. The molecular weight excluding hydrogens is 725 g/mol. The Morgan fingerprint density at radius 2 is 0.964 bits per heavy atom. The summed E-state index contributed by atoms with van der Waals surface area (Å²) in [6, 6.07) is 0. The number of esters is 1. The fourth-order valence-electron chi connectivity index (χ4n) is 6.59. The van der Waals surface area contributed by atoms with Gasteiger partial charge in [0.15, 0.2) is 0 Å². The summed E-state index contributed by atoms with van der Waals surface area (Å²) < 4.78 is 26.9. The standard InChI is InChI=1S/C46H88NO8P/c1-3-5-7-9-11-13-15-17-18-19-20-21-22-23-24-25-26-27-28-30-32-34-36-38-45(49)47-40-41-54-56(51,52)55-43-44(48)42-53-46(50)39-37-35-33-31-29-16-14-12-10-8-6-4-2/h11,13,17-18,44,48H,3-10,12,14-16,19-43H2,1-2H3,(H,47,49)(H,51,52)/b13-11-,18-17-. The molecule has 56 heavy (non-hydrogen) atoms. The number of aliphatic hydroxyl groups is 1. The van der Waals surface area contributed by atoms with Crippen LogP contribution in [0.25, 0.3) is 0 Å². The maximum absolute atomic E-state index is 12.1. The highest BCUT2D eigenvalue weighted by atomic mass is 31.2. The van der Waals surface area contributed by atoms with Gasteiger partial charge in [-0.05, 0) is 44.9 Å². The molecule has 0 heterocycles. The first-order valence-electron chi connectivity index (χ1n) is 23.3. The lowest BCUT2D eigenvalue weighted by atomic mass is 10.0. The van der Waals surface area contributed by atoms with E-state index < -0.39 is 26.5 Å². The Morgan fingerprint density at radius 1 is 0.554 bits per heavy atom. The van der Waals surface area contributed by atoms with Crippen molar-refractivity contribution >= 4 is 19.7 Å². The Bertz CT molecular complexity index is 975. The zero-order chi connectivity index (χ0) is 41.1. The number of amides is 1. The largest absolute Gasteiger partial charge is 0.472 e. The number of nitrogens with one attached hydrogen (secondary N) is 1. The van der Waals surface area contributed by atoms with Crippen molar-refractivity contribution in [1.82, 2.24) is 5.32 Å². The molecule has 0 fully saturated rings. The number of phosphoric acid groups is 1. The lowest BCUT2D eigenvalue weighted by Gasteiger charge is -2.15. The van der Waals surface area contributed by atoms with Crippen LogP contribution in [0.2, 0.25) is 0 Å². The molecule has 330 valence electrons. The van der Waals surface area contributed by atoms with Crippen LogP contribution in [0, 0.1) is 0 Å². The monoisotopic (exact) mass is 814 g/mol. The molecule has 0 radical (unpaired) electrons. The average molecular weight is 814 g/mol. The van der Waals surface area contributed by atoms with Crippen LogP contribution in [0.3, 0.4) is 0 Å². The van der Waals surface area contributed by atoms with Crippen LogP contribution in [0.5, 0.6) is 0 Å². The van der Waals surface area contributed by atoms with E-state index in [4.69, 9.17) is 13.8 Å². The Labute approximate surface area is 344 Å². The molecule has 0 saturated carbocycles. The third-order valence-electron chi connectivity index (χ3n) is 10.1. The summed E-state index contributed by atoms with van der Waals surface area (Å²) in [5.41, 5.74) is 0. The number of phosphoric ester groups is 1. The zero-order valence-electron chi connectivity index (χ0n) is 36.3. The molecule has 2 atom stereocenters. The third kappa shape index (κ3) is 43.6. The maximum Gasteiger partial charge on any atom is 0.472 e. The van der Waals surface area contributed by atoms with Gasteiger partial charge in [-0.25, -0.2) is 4.57 Å². The van der Waals surface area contributed by atoms with Crippen LogP contribution >= 0.6 is 7.82 Å². The lowest BCUT2D eigenvalue weighted by Crippen LogP contribution is -2.27. The minimum atomic E-state index is -4.41. The highest BCUT2D eigenvalue weighted by Crippen LogP contribution is 2.42. The van der Waals surface area contributed by atoms with Crippen molar-refractivity contribution < 1.29 is 37.9 Å². The minimum Gasteiger partial charge on any atom is -0.463 e. The number of hydrogen-bond acceptors (Lipinski definition) is 7. The summed E-state index contributed by atoms with van der Waals surface area (Å²) in [5, 5.41) is 12.7. The van der Waals surface area contributed by atoms with Crippen molar-refractivity contribution in [2.24, 2.45) is 0 Å². The smallest absolute Gasteiger partial charge is 0.463 e. The van der Waals surface area contributed by atoms with Gasteiger partial charge in [0.2, 0.25) is 5.91 Å². The summed E-state index contributed by atoms with van der Waals surface area (Å²) in [6.45, 7) is 3.55. The van der Waals surface area contributed by atoms with E-state index >= 15 is 0 Å². The first kappa shape index (κ1) is 54.5. The van der Waals surface area contributed by atoms with Crippen LogP contribution in [-0.2, 0) is 27.9 Å². The van der Waals surface area contributed by atoms with Gasteiger partial charge in [0.05, 0.1) is 13.2 Å². The van der Waals surface area contributed by atoms with Crippen LogP contribution < -0.4 is 5.32 Å². The van der Waals surface area contributed by atoms with Crippen LogP contribution in [0.15, 0.2) is 24.3 Å². The van der Waals surface area contributed by atoms with Crippen LogP contribution in [-0.4, -0.2) is 54.3 Å². The van der Waals surface area contributed by atoms with Gasteiger partial charge in [0.1, 0.15) is 12.7 Å². The summed E-state index contributed by atoms with van der Waals surface area (Å²) in [7, 11) is -4.41. The van der Waals surface area contributed by atoms with Gasteiger partial charge in [-0.2, -0.15) is 0 Å². The van der Waals surface area contributed by atoms with Gasteiger partial charge in [0.25, 0.3) is 0 Å². The number of allylic oxidation sites excluding steroid dienone is 4. The van der Waals surface area contributed by atoms with Gasteiger partial charge >= 0.3 is 13.8 Å². The fourth-order valence-corrected chi connectivity index (χ4v) is 7.35. The van der Waals surface area contributed by atoms with E-state index in [0.717, 1.165) is 44.9 Å². The second kappa shape index (κ2) is 43.1. The van der Waals surface area contributed by atoms with Crippen molar-refractivity contribution in [3.8, 4) is 0 Å². The van der Waals surface area contributed by atoms with Gasteiger partial charge < -0.3 is 20.1 Å². The highest BCUT2D eigenvalue weighted by molar-refractivity contribution is 7.47. The normalized spacial score (nSPS) is 13.4. The van der Waals surface area contributed by atoms with E-state index in [1.807, 2.05) is 0 Å². The lowest BCUT2D eigenvalue weighted by molar-refractivity contribution is -0.147. The number of carbonyl (C=O) groups excluding carboxylic acids is 2. The third-order valence-corrected chi connectivity index (χ3v) is 11.1. The molecule has 0 aromatic carbocycles. The number of carbonyl (C=O) groups is 2. The quantitative estimate of drug-likeness (QED) is 0.0240. The predicted octanol–water partition coefficient (Wildman–Crippen LogP) is 13.2. The molecule has 0 rings (SSSR count). The van der Waals surface area contributed by atoms with E-state index in [-0.39, 0.29) is 32.1 Å². The molecule has 0 aliphatic carbocycles. The van der Waals surface area contributed by atoms with Gasteiger partial charge in [-0.1, -0.05) is 192 Å². The molecule has 0 aromatic rings. The average Bonchev–Trinajstić information content (AvgIpc) is 3.18. The molecule has 0 aromatic heterocycles. The van der Waals surface area contributed by atoms with Crippen LogP contribution in [0.4, 0.5) is 0 Å². The molecule has 0 aliphatic heterocycles. The van der Waals surface area contributed by atoms with E-state index in [0.29, 0.717) is 6.42 Å². The van der Waals surface area contributed by atoms with Gasteiger partial charge in [-0.3, -0.25) is 18.6 Å². The molecule has 9 nitrogen and oxygen atoms in total. The maximum atomic E-state index is 12.1. The van der Waals surface area contributed by atoms with Crippen molar-refractivity contribution in [1.29, 1.82) is 0 Å². The molecule has 10 heteroatoms. The molecule has 1 amide bonds. The first-order valence-corrected chi connectivity index (χ1v) is 24.8. The van der Waals surface area contributed by atoms with Gasteiger partial charge in [0, 0.05) is 19.4 Å². The molecule has 0 spiro atoms. The van der Waals surface area contributed by atoms with Crippen LogP contribution in [0.1, 0.15) is 226 Å². The summed E-state index contributed by atoms with van der Waals surface area (Å²) in [5.74, 6) is -0.510. The number of unbranched alkanes of at least 4 members (excludes halogenated alkanes) is 27. The van der Waals surface area contributed by atoms with Crippen molar-refractivity contribution in [2.75, 3.05) is 26.4 Å². The Morgan fingerprint density at radius 3 is 1.46 bits per heavy atom. The molecule has 0 bridgehead atoms. The van der Waals surface area contributed by atoms with Gasteiger partial charge in [-0.15, -0.1) is 0 Å². The van der Waals surface area contributed by atoms with Crippen molar-refractivity contribution in [3.05, 3.63) is 24.3 Å².